The molecule has 122 valence electrons. The number of carbonyl (C=O) groups is 1. The van der Waals surface area contributed by atoms with E-state index in [1.165, 1.54) is 19.1 Å². The highest BCUT2D eigenvalue weighted by molar-refractivity contribution is 9.10. The van der Waals surface area contributed by atoms with Crippen LogP contribution in [0.15, 0.2) is 33.6 Å². The third kappa shape index (κ3) is 4.77. The molecule has 1 saturated heterocycles. The number of ether oxygens (including phenoxy) is 2. The van der Waals surface area contributed by atoms with Gasteiger partial charge in [-0.15, -0.1) is 0 Å². The lowest BCUT2D eigenvalue weighted by atomic mass is 10.2. The van der Waals surface area contributed by atoms with Crippen LogP contribution in [-0.4, -0.2) is 39.7 Å². The number of halogens is 1. The molecule has 0 saturated carbocycles. The zero-order valence-corrected chi connectivity index (χ0v) is 14.5. The second-order valence-electron chi connectivity index (χ2n) is 5.03. The van der Waals surface area contributed by atoms with Crippen LogP contribution in [-0.2, 0) is 24.3 Å². The molecule has 1 aromatic rings. The number of nitrogens with one attached hydrogen (secondary N) is 1. The Morgan fingerprint density at radius 2 is 2.14 bits per heavy atom. The summed E-state index contributed by atoms with van der Waals surface area (Å²) in [7, 11) is -3.89. The fraction of sp³-hybridized carbons (Fsp3) is 0.500. The molecule has 2 atom stereocenters. The van der Waals surface area contributed by atoms with Gasteiger partial charge in [0.05, 0.1) is 17.6 Å². The second-order valence-corrected chi connectivity index (χ2v) is 7.63. The Bertz CT molecular complexity index is 611. The van der Waals surface area contributed by atoms with Crippen molar-refractivity contribution in [1.29, 1.82) is 0 Å². The zero-order chi connectivity index (χ0) is 16.2. The highest BCUT2D eigenvalue weighted by Crippen LogP contribution is 2.15. The normalized spacial score (nSPS) is 19.8. The molecule has 0 aliphatic carbocycles. The summed E-state index contributed by atoms with van der Waals surface area (Å²) in [5, 5.41) is 0. The first-order valence-corrected chi connectivity index (χ1v) is 9.21. The Kier molecular flexibility index (Phi) is 5.96. The van der Waals surface area contributed by atoms with Crippen molar-refractivity contribution in [2.24, 2.45) is 0 Å². The van der Waals surface area contributed by atoms with Gasteiger partial charge in [0.15, 0.2) is 0 Å². The van der Waals surface area contributed by atoms with Crippen molar-refractivity contribution in [3.8, 4) is 0 Å². The molecule has 1 aromatic carbocycles. The number of sulfonamides is 1. The fourth-order valence-electron chi connectivity index (χ4n) is 1.99. The lowest BCUT2D eigenvalue weighted by molar-refractivity contribution is -0.131. The predicted octanol–water partition coefficient (Wildman–Crippen LogP) is 1.84. The maximum absolute atomic E-state index is 12.1. The van der Waals surface area contributed by atoms with E-state index in [0.717, 1.165) is 17.3 Å². The number of rotatable bonds is 6. The molecule has 0 aromatic heterocycles. The molecule has 6 nitrogen and oxygen atoms in total. The van der Waals surface area contributed by atoms with Gasteiger partial charge in [-0.05, 0) is 44.0 Å². The van der Waals surface area contributed by atoms with Crippen molar-refractivity contribution in [2.75, 3.05) is 13.2 Å². The summed E-state index contributed by atoms with van der Waals surface area (Å²) in [6.45, 7) is 2.50. The van der Waals surface area contributed by atoms with Gasteiger partial charge in [0.2, 0.25) is 0 Å². The van der Waals surface area contributed by atoms with Crippen LogP contribution in [0.5, 0.6) is 0 Å². The largest absolute Gasteiger partial charge is 0.376 e. The van der Waals surface area contributed by atoms with Gasteiger partial charge >= 0.3 is 0 Å². The summed E-state index contributed by atoms with van der Waals surface area (Å²) in [6, 6.07) is 6.02. The van der Waals surface area contributed by atoms with Gasteiger partial charge in [0.1, 0.15) is 6.10 Å². The van der Waals surface area contributed by atoms with Crippen LogP contribution in [0.4, 0.5) is 0 Å². The van der Waals surface area contributed by atoms with E-state index in [1.54, 1.807) is 12.1 Å². The Morgan fingerprint density at radius 1 is 1.45 bits per heavy atom. The van der Waals surface area contributed by atoms with Gasteiger partial charge in [-0.25, -0.2) is 13.1 Å². The van der Waals surface area contributed by atoms with Crippen LogP contribution in [0.3, 0.4) is 0 Å². The van der Waals surface area contributed by atoms with Crippen LogP contribution in [0.25, 0.3) is 0 Å². The molecule has 1 heterocycles. The lowest BCUT2D eigenvalue weighted by Crippen LogP contribution is -2.39. The SMILES string of the molecule is C[C@H](OC[C@@H]1CCCO1)C(=O)NS(=O)(=O)c1ccc(Br)cc1. The first-order valence-electron chi connectivity index (χ1n) is 6.94. The molecule has 2 rings (SSSR count). The summed E-state index contributed by atoms with van der Waals surface area (Å²) in [4.78, 5) is 12.0. The smallest absolute Gasteiger partial charge is 0.264 e. The monoisotopic (exact) mass is 391 g/mol. The second kappa shape index (κ2) is 7.54. The van der Waals surface area contributed by atoms with Crippen molar-refractivity contribution in [3.05, 3.63) is 28.7 Å². The maximum atomic E-state index is 12.1. The zero-order valence-electron chi connectivity index (χ0n) is 12.1. The quantitative estimate of drug-likeness (QED) is 0.799. The van der Waals surface area contributed by atoms with Crippen LogP contribution < -0.4 is 4.72 Å². The van der Waals surface area contributed by atoms with Crippen LogP contribution in [0.2, 0.25) is 0 Å². The van der Waals surface area contributed by atoms with Crippen molar-refractivity contribution in [2.45, 2.75) is 36.9 Å². The molecule has 1 N–H and O–H groups in total. The van der Waals surface area contributed by atoms with E-state index in [0.29, 0.717) is 6.61 Å². The first kappa shape index (κ1) is 17.4. The van der Waals surface area contributed by atoms with Crippen molar-refractivity contribution < 1.29 is 22.7 Å². The van der Waals surface area contributed by atoms with E-state index in [4.69, 9.17) is 9.47 Å². The van der Waals surface area contributed by atoms with E-state index in [9.17, 15) is 13.2 Å². The molecule has 8 heteroatoms. The summed E-state index contributed by atoms with van der Waals surface area (Å²) in [5.74, 6) is -0.694. The topological polar surface area (TPSA) is 81.7 Å². The number of carbonyl (C=O) groups excluding carboxylic acids is 1. The fourth-order valence-corrected chi connectivity index (χ4v) is 3.30. The lowest BCUT2D eigenvalue weighted by Gasteiger charge is -2.16. The summed E-state index contributed by atoms with van der Waals surface area (Å²) < 4.78 is 37.7. The molecule has 0 spiro atoms. The number of benzene rings is 1. The van der Waals surface area contributed by atoms with Gasteiger partial charge in [-0.1, -0.05) is 15.9 Å². The molecular formula is C14H18BrNO5S. The molecule has 0 bridgehead atoms. The molecule has 1 fully saturated rings. The minimum atomic E-state index is -3.89. The van der Waals surface area contributed by atoms with Crippen LogP contribution >= 0.6 is 15.9 Å². The summed E-state index contributed by atoms with van der Waals surface area (Å²) >= 11 is 3.22. The highest BCUT2D eigenvalue weighted by atomic mass is 79.9. The van der Waals surface area contributed by atoms with E-state index in [-0.39, 0.29) is 17.6 Å². The van der Waals surface area contributed by atoms with Gasteiger partial charge in [-0.2, -0.15) is 0 Å². The number of amides is 1. The van der Waals surface area contributed by atoms with Crippen LogP contribution in [0, 0.1) is 0 Å². The van der Waals surface area contributed by atoms with Crippen molar-refractivity contribution >= 4 is 31.9 Å². The Labute approximate surface area is 138 Å². The van der Waals surface area contributed by atoms with Gasteiger partial charge in [0.25, 0.3) is 15.9 Å². The third-order valence-corrected chi connectivity index (χ3v) is 5.18. The third-order valence-electron chi connectivity index (χ3n) is 3.28. The Hall–Kier alpha value is -0.960. The van der Waals surface area contributed by atoms with Crippen LogP contribution in [0.1, 0.15) is 19.8 Å². The Balaban J connectivity index is 1.90. The average molecular weight is 392 g/mol. The summed E-state index contributed by atoms with van der Waals surface area (Å²) in [5.41, 5.74) is 0. The molecule has 0 unspecified atom stereocenters. The maximum Gasteiger partial charge on any atom is 0.264 e. The van der Waals surface area contributed by atoms with Gasteiger partial charge in [0, 0.05) is 11.1 Å². The first-order chi connectivity index (χ1) is 10.4. The van der Waals surface area contributed by atoms with E-state index < -0.39 is 22.0 Å². The molecule has 1 amide bonds. The molecule has 1 aliphatic heterocycles. The van der Waals surface area contributed by atoms with E-state index in [2.05, 4.69) is 15.9 Å². The van der Waals surface area contributed by atoms with Crippen molar-refractivity contribution in [1.82, 2.24) is 4.72 Å². The van der Waals surface area contributed by atoms with Gasteiger partial charge < -0.3 is 9.47 Å². The number of hydrogen-bond acceptors (Lipinski definition) is 5. The van der Waals surface area contributed by atoms with Crippen molar-refractivity contribution in [3.63, 3.8) is 0 Å². The Morgan fingerprint density at radius 3 is 2.73 bits per heavy atom. The minimum absolute atomic E-state index is 0.0154. The van der Waals surface area contributed by atoms with Gasteiger partial charge in [-0.3, -0.25) is 4.79 Å². The van der Waals surface area contributed by atoms with E-state index >= 15 is 0 Å². The molecular weight excluding hydrogens is 374 g/mol. The predicted molar refractivity (Wildman–Crippen MR) is 83.9 cm³/mol. The number of hydrogen-bond donors (Lipinski definition) is 1. The highest BCUT2D eigenvalue weighted by Gasteiger charge is 2.24. The van der Waals surface area contributed by atoms with E-state index in [1.807, 2.05) is 4.72 Å². The molecule has 22 heavy (non-hydrogen) atoms. The molecule has 0 radical (unpaired) electrons. The standard InChI is InChI=1S/C14H18BrNO5S/c1-10(21-9-12-3-2-8-20-12)14(17)16-22(18,19)13-6-4-11(15)5-7-13/h4-7,10,12H,2-3,8-9H2,1H3,(H,16,17)/t10-,12-/m0/s1. The minimum Gasteiger partial charge on any atom is -0.376 e. The molecule has 1 aliphatic rings. The average Bonchev–Trinajstić information content (AvgIpc) is 2.98. The summed E-state index contributed by atoms with van der Waals surface area (Å²) in [6.07, 6.45) is 0.991.